The number of hydrogen-bond donors (Lipinski definition) is 1. The zero-order chi connectivity index (χ0) is 28.0. The predicted molar refractivity (Wildman–Crippen MR) is 152 cm³/mol. The van der Waals surface area contributed by atoms with E-state index in [1.807, 2.05) is 107 Å². The maximum absolute atomic E-state index is 12.5. The minimum Gasteiger partial charge on any atom is -0.465 e. The minimum absolute atomic E-state index is 0.202. The van der Waals surface area contributed by atoms with Crippen LogP contribution in [0.3, 0.4) is 0 Å². The molecule has 0 fully saturated rings. The molecular weight excluding hydrogens is 506 g/mol. The van der Waals surface area contributed by atoms with Crippen molar-refractivity contribution in [2.45, 2.75) is 45.7 Å². The number of rotatable bonds is 6. The van der Waals surface area contributed by atoms with Gasteiger partial charge in [-0.1, -0.05) is 60.7 Å². The lowest BCUT2D eigenvalue weighted by Crippen LogP contribution is -2.48. The maximum Gasteiger partial charge on any atom is 0.408 e. The second-order valence-electron chi connectivity index (χ2n) is 10.9. The molecule has 8 nitrogen and oxygen atoms in total. The molecule has 3 aromatic carbocycles. The third kappa shape index (κ3) is 4.62. The Morgan fingerprint density at radius 1 is 0.900 bits per heavy atom. The molecule has 0 aliphatic carbocycles. The number of carbonyl (C=O) groups is 1. The van der Waals surface area contributed by atoms with Gasteiger partial charge in [-0.2, -0.15) is 0 Å². The topological polar surface area (TPSA) is 106 Å². The SMILES string of the molecule is Cc1c(-c2nnc([C@H](Cc3ccc(-c4cc5ccccc5o4)cc3)N(C(=O)O)C(C)(C)C)o2)oc2ccccc12. The van der Waals surface area contributed by atoms with Gasteiger partial charge in [0.15, 0.2) is 5.76 Å². The smallest absolute Gasteiger partial charge is 0.408 e. The Morgan fingerprint density at radius 3 is 2.27 bits per heavy atom. The summed E-state index contributed by atoms with van der Waals surface area (Å²) in [7, 11) is 0. The van der Waals surface area contributed by atoms with E-state index in [9.17, 15) is 9.90 Å². The van der Waals surface area contributed by atoms with Gasteiger partial charge < -0.3 is 18.4 Å². The van der Waals surface area contributed by atoms with Crippen molar-refractivity contribution in [3.63, 3.8) is 0 Å². The Bertz CT molecular complexity index is 1790. The van der Waals surface area contributed by atoms with Crippen molar-refractivity contribution in [1.82, 2.24) is 15.1 Å². The van der Waals surface area contributed by atoms with Crippen molar-refractivity contribution in [1.29, 1.82) is 0 Å². The quantitative estimate of drug-likeness (QED) is 0.229. The van der Waals surface area contributed by atoms with Gasteiger partial charge in [-0.05, 0) is 51.5 Å². The van der Waals surface area contributed by atoms with Crippen LogP contribution >= 0.6 is 0 Å². The molecule has 0 aliphatic rings. The first-order valence-corrected chi connectivity index (χ1v) is 13.1. The van der Waals surface area contributed by atoms with E-state index in [1.54, 1.807) is 0 Å². The molecule has 0 saturated heterocycles. The molecule has 0 unspecified atom stereocenters. The summed E-state index contributed by atoms with van der Waals surface area (Å²) in [6.07, 6.45) is -0.735. The molecule has 6 aromatic rings. The highest BCUT2D eigenvalue weighted by Gasteiger charge is 2.38. The lowest BCUT2D eigenvalue weighted by Gasteiger charge is -2.38. The van der Waals surface area contributed by atoms with Crippen LogP contribution in [0.5, 0.6) is 0 Å². The molecule has 0 bridgehead atoms. The number of amides is 1. The summed E-state index contributed by atoms with van der Waals surface area (Å²) in [5.41, 5.74) is 3.56. The van der Waals surface area contributed by atoms with Crippen molar-refractivity contribution in [3.8, 4) is 23.0 Å². The number of furan rings is 2. The Labute approximate surface area is 230 Å². The van der Waals surface area contributed by atoms with Crippen LogP contribution in [0.1, 0.15) is 43.8 Å². The first-order chi connectivity index (χ1) is 19.2. The average Bonchev–Trinajstić information content (AvgIpc) is 3.65. The monoisotopic (exact) mass is 535 g/mol. The standard InChI is InChI=1S/C32H29N3O5/c1-19-23-10-6-8-12-26(23)39-28(19)30-34-33-29(40-30)24(35(31(36)37)32(2,3)4)17-20-13-15-21(16-14-20)27-18-22-9-5-7-11-25(22)38-27/h5-16,18,24H,17H2,1-4H3,(H,36,37)/t24-/m0/s1. The molecular formula is C32H29N3O5. The van der Waals surface area contributed by atoms with Crippen molar-refractivity contribution in [2.24, 2.45) is 0 Å². The number of para-hydroxylation sites is 2. The number of nitrogens with zero attached hydrogens (tertiary/aromatic N) is 3. The Kier molecular flexibility index (Phi) is 6.18. The van der Waals surface area contributed by atoms with Crippen LogP contribution in [0.15, 0.2) is 92.1 Å². The largest absolute Gasteiger partial charge is 0.465 e. The first kappa shape index (κ1) is 25.4. The van der Waals surface area contributed by atoms with E-state index in [4.69, 9.17) is 13.3 Å². The molecule has 0 saturated carbocycles. The molecule has 8 heteroatoms. The molecule has 0 spiro atoms. The fourth-order valence-corrected chi connectivity index (χ4v) is 5.17. The highest BCUT2D eigenvalue weighted by molar-refractivity contribution is 5.86. The lowest BCUT2D eigenvalue weighted by molar-refractivity contribution is 0.0604. The summed E-state index contributed by atoms with van der Waals surface area (Å²) >= 11 is 0. The molecule has 202 valence electrons. The van der Waals surface area contributed by atoms with Gasteiger partial charge in [0.2, 0.25) is 5.89 Å². The third-order valence-electron chi connectivity index (χ3n) is 7.10. The van der Waals surface area contributed by atoms with Crippen molar-refractivity contribution in [2.75, 3.05) is 0 Å². The van der Waals surface area contributed by atoms with E-state index in [1.165, 1.54) is 4.90 Å². The van der Waals surface area contributed by atoms with Crippen molar-refractivity contribution in [3.05, 3.63) is 95.9 Å². The van der Waals surface area contributed by atoms with Gasteiger partial charge in [-0.15, -0.1) is 10.2 Å². The molecule has 0 aliphatic heterocycles. The number of aromatic nitrogens is 2. The molecule has 40 heavy (non-hydrogen) atoms. The van der Waals surface area contributed by atoms with E-state index >= 15 is 0 Å². The fraction of sp³-hybridized carbons (Fsp3) is 0.219. The molecule has 6 rings (SSSR count). The number of fused-ring (bicyclic) bond motifs is 2. The van der Waals surface area contributed by atoms with Crippen molar-refractivity contribution < 1.29 is 23.2 Å². The lowest BCUT2D eigenvalue weighted by atomic mass is 9.97. The van der Waals surface area contributed by atoms with Gasteiger partial charge in [0.1, 0.15) is 23.0 Å². The van der Waals surface area contributed by atoms with Gasteiger partial charge in [0.25, 0.3) is 5.89 Å². The van der Waals surface area contributed by atoms with Crippen LogP contribution in [-0.2, 0) is 6.42 Å². The van der Waals surface area contributed by atoms with Gasteiger partial charge in [-0.3, -0.25) is 4.90 Å². The van der Waals surface area contributed by atoms with Crippen LogP contribution in [0, 0.1) is 6.92 Å². The zero-order valence-electron chi connectivity index (χ0n) is 22.7. The third-order valence-corrected chi connectivity index (χ3v) is 7.10. The van der Waals surface area contributed by atoms with E-state index in [0.29, 0.717) is 12.2 Å². The first-order valence-electron chi connectivity index (χ1n) is 13.1. The van der Waals surface area contributed by atoms with Crippen LogP contribution in [0.2, 0.25) is 0 Å². The number of hydrogen-bond acceptors (Lipinski definition) is 6. The predicted octanol–water partition coefficient (Wildman–Crippen LogP) is 8.27. The highest BCUT2D eigenvalue weighted by Crippen LogP contribution is 2.36. The summed E-state index contributed by atoms with van der Waals surface area (Å²) in [5, 5.41) is 20.8. The van der Waals surface area contributed by atoms with Gasteiger partial charge >= 0.3 is 6.09 Å². The molecule has 1 atom stereocenters. The van der Waals surface area contributed by atoms with E-state index < -0.39 is 17.7 Å². The average molecular weight is 536 g/mol. The molecule has 0 radical (unpaired) electrons. The Hall–Kier alpha value is -4.85. The van der Waals surface area contributed by atoms with Gasteiger partial charge in [0, 0.05) is 33.9 Å². The van der Waals surface area contributed by atoms with E-state index in [-0.39, 0.29) is 11.8 Å². The van der Waals surface area contributed by atoms with Crippen molar-refractivity contribution >= 4 is 28.0 Å². The number of benzene rings is 3. The van der Waals surface area contributed by atoms with Gasteiger partial charge in [-0.25, -0.2) is 4.79 Å². The molecule has 1 amide bonds. The van der Waals surface area contributed by atoms with Crippen LogP contribution < -0.4 is 0 Å². The normalized spacial score (nSPS) is 12.7. The molecule has 3 heterocycles. The van der Waals surface area contributed by atoms with Gasteiger partial charge in [0.05, 0.1) is 0 Å². The second-order valence-corrected chi connectivity index (χ2v) is 10.9. The summed E-state index contributed by atoms with van der Waals surface area (Å²) in [6, 6.07) is 24.8. The summed E-state index contributed by atoms with van der Waals surface area (Å²) in [6.45, 7) is 7.48. The second kappa shape index (κ2) is 9.72. The molecule has 1 N–H and O–H groups in total. The van der Waals surface area contributed by atoms with Crippen LogP contribution in [0.4, 0.5) is 4.79 Å². The van der Waals surface area contributed by atoms with E-state index in [0.717, 1.165) is 44.4 Å². The van der Waals surface area contributed by atoms with Crippen LogP contribution in [-0.4, -0.2) is 31.8 Å². The Morgan fingerprint density at radius 2 is 1.60 bits per heavy atom. The maximum atomic E-state index is 12.5. The minimum atomic E-state index is -1.07. The molecule has 3 aromatic heterocycles. The summed E-state index contributed by atoms with van der Waals surface area (Å²) < 4.78 is 18.2. The van der Waals surface area contributed by atoms with E-state index in [2.05, 4.69) is 10.2 Å². The fourth-order valence-electron chi connectivity index (χ4n) is 5.17. The number of aryl methyl sites for hydroxylation is 1. The zero-order valence-corrected chi connectivity index (χ0v) is 22.7. The van der Waals surface area contributed by atoms with Crippen LogP contribution in [0.25, 0.3) is 44.9 Å². The summed E-state index contributed by atoms with van der Waals surface area (Å²) in [4.78, 5) is 13.9. The Balaban J connectivity index is 1.34. The highest BCUT2D eigenvalue weighted by atomic mass is 16.4. The summed E-state index contributed by atoms with van der Waals surface area (Å²) in [5.74, 6) is 1.67. The number of carboxylic acid groups (broad SMARTS) is 1.